The van der Waals surface area contributed by atoms with Crippen molar-refractivity contribution in [1.29, 1.82) is 0 Å². The van der Waals surface area contributed by atoms with Gasteiger partial charge in [-0.05, 0) is 12.5 Å². The number of carbonyl (C=O) groups is 2. The van der Waals surface area contributed by atoms with Crippen molar-refractivity contribution in [3.05, 3.63) is 29.8 Å². The van der Waals surface area contributed by atoms with Crippen LogP contribution in [0.3, 0.4) is 0 Å². The van der Waals surface area contributed by atoms with Gasteiger partial charge in [-0.1, -0.05) is 18.2 Å². The fraction of sp³-hybridized carbons (Fsp3) is 0.429. The van der Waals surface area contributed by atoms with Crippen LogP contribution >= 0.6 is 0 Å². The first-order chi connectivity index (χ1) is 9.52. The van der Waals surface area contributed by atoms with Gasteiger partial charge in [0.15, 0.2) is 0 Å². The Kier molecular flexibility index (Phi) is 4.32. The lowest BCUT2D eigenvalue weighted by Crippen LogP contribution is -2.13. The number of halogens is 2. The molecular formula is C14H14F2O4. The van der Waals surface area contributed by atoms with Crippen LogP contribution in [0.1, 0.15) is 24.3 Å². The van der Waals surface area contributed by atoms with Crippen molar-refractivity contribution in [1.82, 2.24) is 0 Å². The molecule has 1 aromatic rings. The molecule has 0 saturated heterocycles. The first-order valence-electron chi connectivity index (χ1n) is 6.17. The molecule has 1 fully saturated rings. The molecule has 4 nitrogen and oxygen atoms in total. The molecule has 108 valence electrons. The molecule has 2 rings (SSSR count). The van der Waals surface area contributed by atoms with E-state index in [2.05, 4.69) is 9.47 Å². The van der Waals surface area contributed by atoms with Gasteiger partial charge in [0, 0.05) is 17.9 Å². The zero-order valence-electron chi connectivity index (χ0n) is 10.8. The van der Waals surface area contributed by atoms with E-state index in [0.717, 1.165) is 0 Å². The van der Waals surface area contributed by atoms with Crippen molar-refractivity contribution < 1.29 is 27.8 Å². The van der Waals surface area contributed by atoms with Gasteiger partial charge in [-0.15, -0.1) is 0 Å². The predicted molar refractivity (Wildman–Crippen MR) is 65.6 cm³/mol. The number of methoxy groups -OCH3 is 1. The molecule has 6 heteroatoms. The second-order valence-corrected chi connectivity index (χ2v) is 4.60. The van der Waals surface area contributed by atoms with Crippen molar-refractivity contribution in [2.75, 3.05) is 7.11 Å². The van der Waals surface area contributed by atoms with Gasteiger partial charge in [-0.25, -0.2) is 0 Å². The molecule has 0 bridgehead atoms. The van der Waals surface area contributed by atoms with Gasteiger partial charge in [0.25, 0.3) is 0 Å². The lowest BCUT2D eigenvalue weighted by atomic mass is 9.95. The summed E-state index contributed by atoms with van der Waals surface area (Å²) in [5.41, 5.74) is 0.393. The minimum absolute atomic E-state index is 0.0219. The van der Waals surface area contributed by atoms with Crippen LogP contribution in [0.2, 0.25) is 0 Å². The first kappa shape index (κ1) is 14.4. The molecule has 0 radical (unpaired) electrons. The van der Waals surface area contributed by atoms with Gasteiger partial charge in [0.2, 0.25) is 0 Å². The molecule has 0 amide bonds. The van der Waals surface area contributed by atoms with Gasteiger partial charge in [-0.2, -0.15) is 8.78 Å². The van der Waals surface area contributed by atoms with Gasteiger partial charge in [0.1, 0.15) is 11.5 Å². The highest BCUT2D eigenvalue weighted by molar-refractivity contribution is 5.93. The van der Waals surface area contributed by atoms with Crippen LogP contribution in [0, 0.1) is 5.92 Å². The lowest BCUT2D eigenvalue weighted by molar-refractivity contribution is -0.145. The molecule has 0 heterocycles. The number of rotatable bonds is 4. The molecule has 1 aromatic carbocycles. The zero-order valence-corrected chi connectivity index (χ0v) is 10.8. The van der Waals surface area contributed by atoms with E-state index in [1.54, 1.807) is 18.2 Å². The molecular weight excluding hydrogens is 270 g/mol. The van der Waals surface area contributed by atoms with Crippen LogP contribution in [0.15, 0.2) is 24.3 Å². The number of Topliss-reactive ketones (excluding diaryl/α,β-unsaturated/α-hetero) is 1. The highest BCUT2D eigenvalue weighted by Gasteiger charge is 2.39. The maximum atomic E-state index is 12.4. The highest BCUT2D eigenvalue weighted by Crippen LogP contribution is 2.40. The van der Waals surface area contributed by atoms with Crippen molar-refractivity contribution >= 4 is 11.8 Å². The predicted octanol–water partition coefficient (Wildman–Crippen LogP) is 2.52. The minimum atomic E-state index is -2.95. The van der Waals surface area contributed by atoms with E-state index in [0.29, 0.717) is 5.56 Å². The summed E-state index contributed by atoms with van der Waals surface area (Å²) in [6, 6.07) is 6.16. The van der Waals surface area contributed by atoms with E-state index in [4.69, 9.17) is 0 Å². The first-order valence-corrected chi connectivity index (χ1v) is 6.17. The average Bonchev–Trinajstić information content (AvgIpc) is 2.80. The maximum absolute atomic E-state index is 12.4. The van der Waals surface area contributed by atoms with Crippen LogP contribution in [-0.2, 0) is 14.3 Å². The second kappa shape index (κ2) is 5.98. The third kappa shape index (κ3) is 2.95. The normalized spacial score (nSPS) is 22.1. The molecule has 0 unspecified atom stereocenters. The number of hydrogen-bond donors (Lipinski definition) is 0. The van der Waals surface area contributed by atoms with Crippen LogP contribution < -0.4 is 4.74 Å². The smallest absolute Gasteiger partial charge is 0.387 e. The molecule has 1 aliphatic carbocycles. The maximum Gasteiger partial charge on any atom is 0.387 e. The molecule has 0 aromatic heterocycles. The van der Waals surface area contributed by atoms with Crippen molar-refractivity contribution in [3.8, 4) is 5.75 Å². The molecule has 1 aliphatic rings. The Morgan fingerprint density at radius 3 is 2.70 bits per heavy atom. The molecule has 0 N–H and O–H groups in total. The Morgan fingerprint density at radius 2 is 2.05 bits per heavy atom. The number of ether oxygens (including phenoxy) is 2. The highest BCUT2D eigenvalue weighted by atomic mass is 19.3. The Labute approximate surface area is 114 Å². The van der Waals surface area contributed by atoms with E-state index in [-0.39, 0.29) is 24.4 Å². The zero-order chi connectivity index (χ0) is 14.7. The molecule has 2 atom stereocenters. The van der Waals surface area contributed by atoms with Crippen molar-refractivity contribution in [3.63, 3.8) is 0 Å². The summed E-state index contributed by atoms with van der Waals surface area (Å²) < 4.78 is 33.8. The largest absolute Gasteiger partial charge is 0.469 e. The number of para-hydroxylation sites is 1. The van der Waals surface area contributed by atoms with Crippen molar-refractivity contribution in [2.24, 2.45) is 5.92 Å². The van der Waals surface area contributed by atoms with Gasteiger partial charge < -0.3 is 9.47 Å². The van der Waals surface area contributed by atoms with Gasteiger partial charge in [0.05, 0.1) is 13.0 Å². The van der Waals surface area contributed by atoms with E-state index in [1.165, 1.54) is 13.2 Å². The standard InChI is InChI=1S/C14H14F2O4/c1-19-13(18)8-6-10(11(17)7-8)9-4-2-3-5-12(9)20-14(15)16/h2-5,8,10,14H,6-7H2,1H3/t8-,10-/m1/s1. The van der Waals surface area contributed by atoms with Gasteiger partial charge >= 0.3 is 12.6 Å². The monoisotopic (exact) mass is 284 g/mol. The van der Waals surface area contributed by atoms with Crippen LogP contribution in [0.25, 0.3) is 0 Å². The summed E-state index contributed by atoms with van der Waals surface area (Å²) in [7, 11) is 1.26. The molecule has 0 spiro atoms. The minimum Gasteiger partial charge on any atom is -0.469 e. The fourth-order valence-corrected chi connectivity index (χ4v) is 2.50. The van der Waals surface area contributed by atoms with Crippen LogP contribution in [0.4, 0.5) is 8.78 Å². The van der Waals surface area contributed by atoms with Gasteiger partial charge in [-0.3, -0.25) is 9.59 Å². The summed E-state index contributed by atoms with van der Waals surface area (Å²) in [6.07, 6.45) is 0.329. The number of hydrogen-bond acceptors (Lipinski definition) is 4. The third-order valence-corrected chi connectivity index (χ3v) is 3.40. The quantitative estimate of drug-likeness (QED) is 0.797. The van der Waals surface area contributed by atoms with Crippen molar-refractivity contribution in [2.45, 2.75) is 25.4 Å². The summed E-state index contributed by atoms with van der Waals surface area (Å²) in [4.78, 5) is 23.5. The van der Waals surface area contributed by atoms with Crippen LogP contribution in [0.5, 0.6) is 5.75 Å². The Balaban J connectivity index is 2.24. The molecule has 0 aliphatic heterocycles. The van der Waals surface area contributed by atoms with Crippen LogP contribution in [-0.4, -0.2) is 25.5 Å². The van der Waals surface area contributed by atoms with E-state index in [9.17, 15) is 18.4 Å². The third-order valence-electron chi connectivity index (χ3n) is 3.40. The SMILES string of the molecule is COC(=O)[C@H]1CC(=O)[C@@H](c2ccccc2OC(F)F)C1. The number of ketones is 1. The number of alkyl halides is 2. The Morgan fingerprint density at radius 1 is 1.35 bits per heavy atom. The number of carbonyl (C=O) groups excluding carboxylic acids is 2. The molecule has 20 heavy (non-hydrogen) atoms. The number of benzene rings is 1. The van der Waals surface area contributed by atoms with E-state index < -0.39 is 24.4 Å². The second-order valence-electron chi connectivity index (χ2n) is 4.60. The topological polar surface area (TPSA) is 52.6 Å². The van der Waals surface area contributed by atoms with E-state index >= 15 is 0 Å². The van der Waals surface area contributed by atoms with E-state index in [1.807, 2.05) is 0 Å². The lowest BCUT2D eigenvalue weighted by Gasteiger charge is -2.14. The summed E-state index contributed by atoms with van der Waals surface area (Å²) in [5.74, 6) is -1.75. The summed E-state index contributed by atoms with van der Waals surface area (Å²) in [6.45, 7) is -2.95. The number of esters is 1. The Hall–Kier alpha value is -1.98. The fourth-order valence-electron chi connectivity index (χ4n) is 2.50. The molecule has 1 saturated carbocycles. The average molecular weight is 284 g/mol. The summed E-state index contributed by atoms with van der Waals surface area (Å²) in [5, 5.41) is 0. The summed E-state index contributed by atoms with van der Waals surface area (Å²) >= 11 is 0. The Bertz CT molecular complexity index is 516.